The van der Waals surface area contributed by atoms with E-state index >= 15 is 0 Å². The van der Waals surface area contributed by atoms with Crippen molar-refractivity contribution < 1.29 is 28.5 Å². The molecule has 9 nitrogen and oxygen atoms in total. The van der Waals surface area contributed by atoms with Gasteiger partial charge in [-0.25, -0.2) is 0 Å². The number of carbonyl (C=O) groups is 2. The van der Waals surface area contributed by atoms with Crippen molar-refractivity contribution in [2.24, 2.45) is 0 Å². The fourth-order valence-electron chi connectivity index (χ4n) is 3.15. The molecule has 0 aromatic heterocycles. The van der Waals surface area contributed by atoms with E-state index in [0.29, 0.717) is 54.0 Å². The Labute approximate surface area is 228 Å². The number of ether oxygens (including phenoxy) is 4. The lowest BCUT2D eigenvalue weighted by Crippen LogP contribution is -2.51. The second-order valence-electron chi connectivity index (χ2n) is 8.49. The SMILES string of the molecule is CC1(C)OCC(NC(=O)c2c(I)c(N)c(I)c(C(=O)NC3COC(C)(C)OC3)c2I)CO1. The van der Waals surface area contributed by atoms with Gasteiger partial charge in [0.1, 0.15) is 0 Å². The smallest absolute Gasteiger partial charge is 0.253 e. The lowest BCUT2D eigenvalue weighted by Gasteiger charge is -2.35. The van der Waals surface area contributed by atoms with E-state index in [1.807, 2.05) is 95.5 Å². The molecule has 178 valence electrons. The molecule has 3 rings (SSSR count). The Bertz CT molecular complexity index is 835. The first-order chi connectivity index (χ1) is 14.8. The zero-order chi connectivity index (χ0) is 23.8. The quantitative estimate of drug-likeness (QED) is 0.318. The van der Waals surface area contributed by atoms with Crippen LogP contribution in [0.1, 0.15) is 48.4 Å². The second kappa shape index (κ2) is 10.3. The number of nitrogen functional groups attached to an aromatic ring is 1. The first-order valence-electron chi connectivity index (χ1n) is 9.95. The molecule has 0 spiro atoms. The van der Waals surface area contributed by atoms with Crippen LogP contribution in [0, 0.1) is 10.7 Å². The van der Waals surface area contributed by atoms with Crippen molar-refractivity contribution in [3.05, 3.63) is 21.8 Å². The lowest BCUT2D eigenvalue weighted by atomic mass is 10.1. The molecule has 2 fully saturated rings. The summed E-state index contributed by atoms with van der Waals surface area (Å²) in [5.74, 6) is -2.02. The van der Waals surface area contributed by atoms with Crippen LogP contribution in [0.3, 0.4) is 0 Å². The van der Waals surface area contributed by atoms with Crippen molar-refractivity contribution in [1.82, 2.24) is 10.6 Å². The third-order valence-electron chi connectivity index (χ3n) is 5.00. The molecule has 0 saturated carbocycles. The van der Waals surface area contributed by atoms with Crippen LogP contribution in [0.4, 0.5) is 5.69 Å². The molecule has 12 heteroatoms. The van der Waals surface area contributed by atoms with E-state index in [1.165, 1.54) is 0 Å². The van der Waals surface area contributed by atoms with E-state index in [-0.39, 0.29) is 23.9 Å². The Balaban J connectivity index is 1.81. The van der Waals surface area contributed by atoms with Gasteiger partial charge in [-0.2, -0.15) is 0 Å². The molecule has 2 amide bonds. The summed E-state index contributed by atoms with van der Waals surface area (Å²) < 4.78 is 24.2. The van der Waals surface area contributed by atoms with E-state index in [4.69, 9.17) is 24.7 Å². The molecule has 2 aliphatic heterocycles. The fourth-order valence-corrected chi connectivity index (χ4v) is 7.29. The largest absolute Gasteiger partial charge is 0.397 e. The molecule has 0 bridgehead atoms. The van der Waals surface area contributed by atoms with Gasteiger partial charge in [0, 0.05) is 3.57 Å². The number of nitrogens with one attached hydrogen (secondary N) is 2. The number of anilines is 1. The van der Waals surface area contributed by atoms with Crippen LogP contribution < -0.4 is 16.4 Å². The van der Waals surface area contributed by atoms with Crippen molar-refractivity contribution in [2.45, 2.75) is 51.4 Å². The Morgan fingerprint density at radius 3 is 1.38 bits per heavy atom. The summed E-state index contributed by atoms with van der Waals surface area (Å²) in [6, 6.07) is -0.611. The Morgan fingerprint density at radius 1 is 0.750 bits per heavy atom. The molecule has 32 heavy (non-hydrogen) atoms. The molecule has 4 N–H and O–H groups in total. The van der Waals surface area contributed by atoms with Crippen LogP contribution in [0.15, 0.2) is 0 Å². The normalized spacial score (nSPS) is 21.2. The number of rotatable bonds is 4. The van der Waals surface area contributed by atoms with E-state index < -0.39 is 11.6 Å². The number of carbonyl (C=O) groups excluding carboxylic acids is 2. The fraction of sp³-hybridized carbons (Fsp3) is 0.600. The maximum Gasteiger partial charge on any atom is 0.253 e. The minimum Gasteiger partial charge on any atom is -0.397 e. The third kappa shape index (κ3) is 6.16. The maximum absolute atomic E-state index is 13.2. The highest BCUT2D eigenvalue weighted by atomic mass is 127. The van der Waals surface area contributed by atoms with Gasteiger partial charge < -0.3 is 35.3 Å². The van der Waals surface area contributed by atoms with Gasteiger partial charge in [0.25, 0.3) is 11.8 Å². The average Bonchev–Trinajstić information content (AvgIpc) is 2.70. The highest BCUT2D eigenvalue weighted by molar-refractivity contribution is 14.1. The lowest BCUT2D eigenvalue weighted by molar-refractivity contribution is -0.252. The Kier molecular flexibility index (Phi) is 8.57. The first kappa shape index (κ1) is 26.6. The van der Waals surface area contributed by atoms with Crippen LogP contribution in [0.5, 0.6) is 0 Å². The zero-order valence-electron chi connectivity index (χ0n) is 18.1. The Hall–Kier alpha value is -0.0100. The Morgan fingerprint density at radius 2 is 1.06 bits per heavy atom. The number of nitrogens with two attached hydrogens (primary N) is 1. The first-order valence-corrected chi connectivity index (χ1v) is 13.2. The summed E-state index contributed by atoms with van der Waals surface area (Å²) in [5, 5.41) is 5.86. The molecular weight excluding hydrogens is 759 g/mol. The van der Waals surface area contributed by atoms with E-state index in [9.17, 15) is 9.59 Å². The van der Waals surface area contributed by atoms with Crippen molar-refractivity contribution in [2.75, 3.05) is 32.2 Å². The second-order valence-corrected chi connectivity index (χ2v) is 11.7. The predicted octanol–water partition coefficient (Wildman–Crippen LogP) is 2.85. The molecule has 1 aromatic carbocycles. The van der Waals surface area contributed by atoms with Crippen LogP contribution in [-0.2, 0) is 18.9 Å². The molecule has 1 aromatic rings. The van der Waals surface area contributed by atoms with E-state index in [0.717, 1.165) is 0 Å². The topological polar surface area (TPSA) is 121 Å². The van der Waals surface area contributed by atoms with Crippen molar-refractivity contribution in [3.63, 3.8) is 0 Å². The minimum absolute atomic E-state index is 0.306. The number of hydrogen-bond donors (Lipinski definition) is 3. The molecular formula is C20H26I3N3O6. The summed E-state index contributed by atoms with van der Waals surface area (Å²) in [4.78, 5) is 26.3. The average molecular weight is 785 g/mol. The van der Waals surface area contributed by atoms with Crippen LogP contribution in [-0.4, -0.2) is 61.9 Å². The van der Waals surface area contributed by atoms with Crippen molar-refractivity contribution in [3.8, 4) is 0 Å². The predicted molar refractivity (Wildman–Crippen MR) is 143 cm³/mol. The van der Waals surface area contributed by atoms with Gasteiger partial charge in [0.2, 0.25) is 0 Å². The monoisotopic (exact) mass is 785 g/mol. The van der Waals surface area contributed by atoms with Crippen LogP contribution in [0.2, 0.25) is 0 Å². The van der Waals surface area contributed by atoms with Gasteiger partial charge in [0.05, 0.1) is 62.5 Å². The van der Waals surface area contributed by atoms with Gasteiger partial charge in [-0.05, 0) is 95.5 Å². The number of benzene rings is 1. The molecule has 0 aliphatic carbocycles. The molecule has 0 atom stereocenters. The van der Waals surface area contributed by atoms with Crippen molar-refractivity contribution >= 4 is 85.3 Å². The summed E-state index contributed by atoms with van der Waals surface area (Å²) in [6.07, 6.45) is 0. The van der Waals surface area contributed by atoms with Gasteiger partial charge in [-0.15, -0.1) is 0 Å². The van der Waals surface area contributed by atoms with Crippen LogP contribution in [0.25, 0.3) is 0 Å². The van der Waals surface area contributed by atoms with Crippen molar-refractivity contribution in [1.29, 1.82) is 0 Å². The van der Waals surface area contributed by atoms with Gasteiger partial charge in [0.15, 0.2) is 11.6 Å². The van der Waals surface area contributed by atoms with E-state index in [2.05, 4.69) is 10.6 Å². The standard InChI is InChI=1S/C20H26I3N3O6/c1-19(2)29-5-9(6-30-19)25-17(27)11-13(21)12(15(23)16(24)14(11)22)18(28)26-10-7-31-20(3,4)32-8-10/h9-10H,5-8,24H2,1-4H3,(H,25,27)(H,26,28). The van der Waals surface area contributed by atoms with Gasteiger partial charge >= 0.3 is 0 Å². The van der Waals surface area contributed by atoms with Crippen LogP contribution >= 0.6 is 67.8 Å². The third-order valence-corrected chi connectivity index (χ3v) is 8.32. The number of halogens is 3. The maximum atomic E-state index is 13.2. The summed E-state index contributed by atoms with van der Waals surface area (Å²) >= 11 is 6.11. The van der Waals surface area contributed by atoms with Gasteiger partial charge in [-0.1, -0.05) is 0 Å². The minimum atomic E-state index is -0.676. The number of hydrogen-bond acceptors (Lipinski definition) is 7. The summed E-state index contributed by atoms with van der Waals surface area (Å²) in [7, 11) is 0. The van der Waals surface area contributed by atoms with E-state index in [1.54, 1.807) is 0 Å². The molecule has 2 aliphatic rings. The molecule has 2 heterocycles. The highest BCUT2D eigenvalue weighted by Gasteiger charge is 2.33. The molecule has 0 radical (unpaired) electrons. The molecule has 0 unspecified atom stereocenters. The number of amides is 2. The van der Waals surface area contributed by atoms with Gasteiger partial charge in [-0.3, -0.25) is 9.59 Å². The summed E-state index contributed by atoms with van der Waals surface area (Å²) in [6.45, 7) is 8.62. The summed E-state index contributed by atoms with van der Waals surface area (Å²) in [5.41, 5.74) is 7.39. The molecule has 2 saturated heterocycles. The highest BCUT2D eigenvalue weighted by Crippen LogP contribution is 2.34. The zero-order valence-corrected chi connectivity index (χ0v) is 24.6.